The third-order valence-corrected chi connectivity index (χ3v) is 3.08. The normalized spacial score (nSPS) is 12.7. The van der Waals surface area contributed by atoms with E-state index >= 15 is 0 Å². The standard InChI is InChI=1S/C10H13NO2S.ClH/c1-3-10(11)8-4-6-9(7-5-8)14(2,12)13;/h3-7,10H,1,11H2,2H3;1H/t10-;/m0./s1. The Morgan fingerprint density at radius 1 is 1.33 bits per heavy atom. The maximum absolute atomic E-state index is 11.1. The number of hydrogen-bond acceptors (Lipinski definition) is 3. The van der Waals surface area contributed by atoms with E-state index in [1.54, 1.807) is 30.3 Å². The number of halogens is 1. The zero-order chi connectivity index (χ0) is 10.8. The summed E-state index contributed by atoms with van der Waals surface area (Å²) in [4.78, 5) is 0.303. The first-order chi connectivity index (χ1) is 6.45. The summed E-state index contributed by atoms with van der Waals surface area (Å²) >= 11 is 0. The van der Waals surface area contributed by atoms with Gasteiger partial charge in [0.15, 0.2) is 9.84 Å². The fourth-order valence-corrected chi connectivity index (χ4v) is 1.70. The van der Waals surface area contributed by atoms with Crippen LogP contribution in [0.15, 0.2) is 41.8 Å². The average Bonchev–Trinajstić information content (AvgIpc) is 2.15. The molecule has 0 bridgehead atoms. The second-order valence-corrected chi connectivity index (χ2v) is 5.12. The van der Waals surface area contributed by atoms with Crippen LogP contribution in [0, 0.1) is 0 Å². The summed E-state index contributed by atoms with van der Waals surface area (Å²) in [7, 11) is -3.12. The molecule has 0 saturated heterocycles. The molecule has 0 aromatic heterocycles. The van der Waals surface area contributed by atoms with Crippen molar-refractivity contribution in [3.63, 3.8) is 0 Å². The van der Waals surface area contributed by atoms with Gasteiger partial charge in [-0.15, -0.1) is 19.0 Å². The third-order valence-electron chi connectivity index (χ3n) is 1.95. The van der Waals surface area contributed by atoms with E-state index in [9.17, 15) is 8.42 Å². The van der Waals surface area contributed by atoms with Crippen LogP contribution in [0.25, 0.3) is 0 Å². The van der Waals surface area contributed by atoms with Gasteiger partial charge in [-0.05, 0) is 17.7 Å². The molecule has 0 amide bonds. The molecule has 0 unspecified atom stereocenters. The van der Waals surface area contributed by atoms with E-state index < -0.39 is 9.84 Å². The second-order valence-electron chi connectivity index (χ2n) is 3.10. The predicted molar refractivity (Wildman–Crippen MR) is 63.9 cm³/mol. The van der Waals surface area contributed by atoms with Crippen LogP contribution in [-0.4, -0.2) is 14.7 Å². The fourth-order valence-electron chi connectivity index (χ4n) is 1.07. The molecule has 1 atom stereocenters. The topological polar surface area (TPSA) is 60.2 Å². The molecule has 1 rings (SSSR count). The van der Waals surface area contributed by atoms with Crippen molar-refractivity contribution < 1.29 is 8.42 Å². The van der Waals surface area contributed by atoms with Crippen LogP contribution >= 0.6 is 12.4 Å². The minimum absolute atomic E-state index is 0. The van der Waals surface area contributed by atoms with E-state index in [-0.39, 0.29) is 18.4 Å². The highest BCUT2D eigenvalue weighted by molar-refractivity contribution is 7.90. The van der Waals surface area contributed by atoms with Crippen LogP contribution in [0.2, 0.25) is 0 Å². The maximum Gasteiger partial charge on any atom is 0.175 e. The molecule has 84 valence electrons. The van der Waals surface area contributed by atoms with E-state index in [0.29, 0.717) is 4.90 Å². The molecule has 0 radical (unpaired) electrons. The Morgan fingerprint density at radius 3 is 2.13 bits per heavy atom. The number of nitrogens with two attached hydrogens (primary N) is 1. The van der Waals surface area contributed by atoms with Crippen LogP contribution in [-0.2, 0) is 9.84 Å². The molecule has 5 heteroatoms. The van der Waals surface area contributed by atoms with Crippen molar-refractivity contribution in [1.29, 1.82) is 0 Å². The summed E-state index contributed by atoms with van der Waals surface area (Å²) in [6.07, 6.45) is 2.78. The quantitative estimate of drug-likeness (QED) is 0.827. The minimum Gasteiger partial charge on any atom is -0.321 e. The predicted octanol–water partition coefficient (Wildman–Crippen LogP) is 1.70. The van der Waals surface area contributed by atoms with Gasteiger partial charge in [-0.1, -0.05) is 18.2 Å². The SMILES string of the molecule is C=C[C@H](N)c1ccc(S(C)(=O)=O)cc1.Cl. The lowest BCUT2D eigenvalue weighted by molar-refractivity contribution is 0.602. The lowest BCUT2D eigenvalue weighted by atomic mass is 10.1. The molecular weight excluding hydrogens is 234 g/mol. The summed E-state index contributed by atoms with van der Waals surface area (Å²) in [6, 6.07) is 6.25. The molecule has 0 spiro atoms. The van der Waals surface area contributed by atoms with Crippen LogP contribution in [0.3, 0.4) is 0 Å². The lowest BCUT2D eigenvalue weighted by Gasteiger charge is -2.06. The highest BCUT2D eigenvalue weighted by Crippen LogP contribution is 2.15. The number of benzene rings is 1. The van der Waals surface area contributed by atoms with Gasteiger partial charge in [0.1, 0.15) is 0 Å². The summed E-state index contributed by atoms with van der Waals surface area (Å²) in [6.45, 7) is 3.56. The summed E-state index contributed by atoms with van der Waals surface area (Å²) < 4.78 is 22.3. The first-order valence-corrected chi connectivity index (χ1v) is 6.02. The van der Waals surface area contributed by atoms with Crippen LogP contribution in [0.5, 0.6) is 0 Å². The van der Waals surface area contributed by atoms with E-state index in [2.05, 4.69) is 6.58 Å². The summed E-state index contributed by atoms with van der Waals surface area (Å²) in [5.74, 6) is 0. The molecule has 0 heterocycles. The first-order valence-electron chi connectivity index (χ1n) is 4.13. The zero-order valence-electron chi connectivity index (χ0n) is 8.38. The molecule has 1 aromatic rings. The van der Waals surface area contributed by atoms with Gasteiger partial charge in [0.2, 0.25) is 0 Å². The first kappa shape index (κ1) is 14.2. The smallest absolute Gasteiger partial charge is 0.175 e. The molecule has 0 aliphatic heterocycles. The van der Waals surface area contributed by atoms with E-state index in [0.717, 1.165) is 5.56 Å². The van der Waals surface area contributed by atoms with Crippen molar-refractivity contribution in [3.05, 3.63) is 42.5 Å². The lowest BCUT2D eigenvalue weighted by Crippen LogP contribution is -2.06. The van der Waals surface area contributed by atoms with Crippen molar-refractivity contribution in [2.75, 3.05) is 6.26 Å². The zero-order valence-corrected chi connectivity index (χ0v) is 10.0. The summed E-state index contributed by atoms with van der Waals surface area (Å²) in [5, 5.41) is 0. The number of hydrogen-bond donors (Lipinski definition) is 1. The van der Waals surface area contributed by atoms with E-state index in [4.69, 9.17) is 5.73 Å². The van der Waals surface area contributed by atoms with Crippen molar-refractivity contribution in [3.8, 4) is 0 Å². The van der Waals surface area contributed by atoms with Crippen molar-refractivity contribution in [2.45, 2.75) is 10.9 Å². The van der Waals surface area contributed by atoms with Gasteiger partial charge >= 0.3 is 0 Å². The molecule has 0 saturated carbocycles. The molecule has 0 aliphatic rings. The monoisotopic (exact) mass is 247 g/mol. The van der Waals surface area contributed by atoms with Crippen molar-refractivity contribution in [2.24, 2.45) is 5.73 Å². The van der Waals surface area contributed by atoms with E-state index in [1.165, 1.54) is 6.26 Å². The Morgan fingerprint density at radius 2 is 1.80 bits per heavy atom. The Kier molecular flexibility index (Phi) is 5.00. The van der Waals surface area contributed by atoms with Crippen molar-refractivity contribution >= 4 is 22.2 Å². The maximum atomic E-state index is 11.1. The van der Waals surface area contributed by atoms with Gasteiger partial charge in [0.25, 0.3) is 0 Å². The molecule has 1 aromatic carbocycles. The molecule has 0 fully saturated rings. The third kappa shape index (κ3) is 3.66. The van der Waals surface area contributed by atoms with Crippen LogP contribution < -0.4 is 5.73 Å². The van der Waals surface area contributed by atoms with Gasteiger partial charge in [0, 0.05) is 12.3 Å². The molecule has 0 aliphatic carbocycles. The number of rotatable bonds is 3. The molecule has 2 N–H and O–H groups in total. The second kappa shape index (κ2) is 5.30. The van der Waals surface area contributed by atoms with E-state index in [1.807, 2.05) is 0 Å². The Bertz CT molecular complexity index is 425. The highest BCUT2D eigenvalue weighted by atomic mass is 35.5. The van der Waals surface area contributed by atoms with Gasteiger partial charge in [-0.25, -0.2) is 8.42 Å². The van der Waals surface area contributed by atoms with Gasteiger partial charge in [-0.2, -0.15) is 0 Å². The van der Waals surface area contributed by atoms with Crippen LogP contribution in [0.1, 0.15) is 11.6 Å². The Labute approximate surface area is 96.3 Å². The van der Waals surface area contributed by atoms with Crippen LogP contribution in [0.4, 0.5) is 0 Å². The Balaban J connectivity index is 0.00000196. The Hall–Kier alpha value is -0.840. The highest BCUT2D eigenvalue weighted by Gasteiger charge is 2.07. The minimum atomic E-state index is -3.12. The number of sulfone groups is 1. The average molecular weight is 248 g/mol. The van der Waals surface area contributed by atoms with Gasteiger partial charge in [0.05, 0.1) is 4.90 Å². The summed E-state index contributed by atoms with van der Waals surface area (Å²) in [5.41, 5.74) is 6.54. The molecular formula is C10H14ClNO2S. The largest absolute Gasteiger partial charge is 0.321 e. The van der Waals surface area contributed by atoms with Gasteiger partial charge < -0.3 is 5.73 Å². The molecule has 15 heavy (non-hydrogen) atoms. The van der Waals surface area contributed by atoms with Gasteiger partial charge in [-0.3, -0.25) is 0 Å². The fraction of sp³-hybridized carbons (Fsp3) is 0.200. The molecule has 3 nitrogen and oxygen atoms in total. The van der Waals surface area contributed by atoms with Crippen molar-refractivity contribution in [1.82, 2.24) is 0 Å².